The summed E-state index contributed by atoms with van der Waals surface area (Å²) < 4.78 is 0. The summed E-state index contributed by atoms with van der Waals surface area (Å²) in [5, 5.41) is 5.34. The first-order valence-electron chi connectivity index (χ1n) is 6.97. The Morgan fingerprint density at radius 3 is 2.81 bits per heavy atom. The van der Waals surface area contributed by atoms with Crippen molar-refractivity contribution in [2.24, 2.45) is 0 Å². The van der Waals surface area contributed by atoms with Crippen LogP contribution in [0.3, 0.4) is 0 Å². The highest BCUT2D eigenvalue weighted by molar-refractivity contribution is 7.13. The number of carbonyl (C=O) groups is 1. The third kappa shape index (κ3) is 4.30. The van der Waals surface area contributed by atoms with E-state index >= 15 is 0 Å². The Balaban J connectivity index is 1.91. The molecule has 0 unspecified atom stereocenters. The maximum absolute atomic E-state index is 12.0. The number of nitrogens with one attached hydrogen (secondary N) is 1. The van der Waals surface area contributed by atoms with E-state index in [-0.39, 0.29) is 5.91 Å². The lowest BCUT2D eigenvalue weighted by atomic mass is 10.4. The molecule has 0 bridgehead atoms. The van der Waals surface area contributed by atoms with E-state index in [1.165, 1.54) is 11.3 Å². The first-order chi connectivity index (χ1) is 10.2. The van der Waals surface area contributed by atoms with Gasteiger partial charge in [0.2, 0.25) is 0 Å². The molecule has 0 aliphatic rings. The molecule has 112 valence electrons. The molecule has 1 N–H and O–H groups in total. The quantitative estimate of drug-likeness (QED) is 0.842. The number of hydrogen-bond donors (Lipinski definition) is 1. The van der Waals surface area contributed by atoms with E-state index in [0.29, 0.717) is 22.9 Å². The largest absolute Gasteiger partial charge is 0.349 e. The van der Waals surface area contributed by atoms with E-state index in [9.17, 15) is 4.79 Å². The number of nitrogens with zero attached hydrogens (tertiary/aromatic N) is 4. The summed E-state index contributed by atoms with van der Waals surface area (Å²) in [6.45, 7) is 7.66. The molecule has 0 aromatic carbocycles. The van der Waals surface area contributed by atoms with Crippen LogP contribution in [0.4, 0.5) is 0 Å². The van der Waals surface area contributed by atoms with Crippen molar-refractivity contribution in [2.75, 3.05) is 26.2 Å². The summed E-state index contributed by atoms with van der Waals surface area (Å²) in [4.78, 5) is 26.8. The highest BCUT2D eigenvalue weighted by atomic mass is 32.1. The van der Waals surface area contributed by atoms with E-state index < -0.39 is 0 Å². The number of likely N-dealkylation sites (N-methyl/N-ethyl adjacent to an activating group) is 1. The minimum atomic E-state index is -0.145. The summed E-state index contributed by atoms with van der Waals surface area (Å²) in [7, 11) is 0. The molecule has 0 atom stereocenters. The zero-order valence-corrected chi connectivity index (χ0v) is 13.1. The monoisotopic (exact) mass is 305 g/mol. The van der Waals surface area contributed by atoms with Crippen molar-refractivity contribution < 1.29 is 4.79 Å². The first-order valence-corrected chi connectivity index (χ1v) is 7.85. The smallest absolute Gasteiger partial charge is 0.270 e. The minimum Gasteiger partial charge on any atom is -0.349 e. The number of thiazole rings is 1. The van der Waals surface area contributed by atoms with Gasteiger partial charge in [0.1, 0.15) is 16.4 Å². The van der Waals surface area contributed by atoms with Crippen LogP contribution in [-0.2, 0) is 0 Å². The molecule has 0 radical (unpaired) electrons. The van der Waals surface area contributed by atoms with Crippen LogP contribution in [-0.4, -0.2) is 51.9 Å². The summed E-state index contributed by atoms with van der Waals surface area (Å²) in [6, 6.07) is 0. The van der Waals surface area contributed by atoms with Gasteiger partial charge in [0.05, 0.1) is 6.20 Å². The molecule has 0 fully saturated rings. The molecule has 0 aliphatic carbocycles. The van der Waals surface area contributed by atoms with Gasteiger partial charge >= 0.3 is 0 Å². The van der Waals surface area contributed by atoms with Gasteiger partial charge in [-0.3, -0.25) is 14.8 Å². The Bertz CT molecular complexity index is 568. The van der Waals surface area contributed by atoms with Crippen LogP contribution in [0.25, 0.3) is 10.7 Å². The van der Waals surface area contributed by atoms with Crippen LogP contribution in [0, 0.1) is 0 Å². The van der Waals surface area contributed by atoms with E-state index in [1.54, 1.807) is 24.0 Å². The summed E-state index contributed by atoms with van der Waals surface area (Å²) in [6.07, 6.45) is 4.86. The zero-order valence-electron chi connectivity index (χ0n) is 12.2. The third-order valence-electron chi connectivity index (χ3n) is 3.13. The second kappa shape index (κ2) is 7.80. The van der Waals surface area contributed by atoms with Gasteiger partial charge < -0.3 is 10.2 Å². The van der Waals surface area contributed by atoms with Gasteiger partial charge in [-0.25, -0.2) is 4.98 Å². The SMILES string of the molecule is CCN(CC)CCNC(=O)c1csc(-c2cnccn2)n1. The van der Waals surface area contributed by atoms with E-state index in [0.717, 1.165) is 19.6 Å². The van der Waals surface area contributed by atoms with Gasteiger partial charge in [0.25, 0.3) is 5.91 Å². The van der Waals surface area contributed by atoms with Gasteiger partial charge in [-0.15, -0.1) is 11.3 Å². The Labute approximate surface area is 128 Å². The van der Waals surface area contributed by atoms with Crippen molar-refractivity contribution in [3.63, 3.8) is 0 Å². The molecule has 21 heavy (non-hydrogen) atoms. The standard InChI is InChI=1S/C14H19N5OS/c1-3-19(4-2)8-7-17-13(20)12-10-21-14(18-12)11-9-15-5-6-16-11/h5-6,9-10H,3-4,7-8H2,1-2H3,(H,17,20). The summed E-state index contributed by atoms with van der Waals surface area (Å²) in [5.41, 5.74) is 1.12. The Kier molecular flexibility index (Phi) is 5.77. The van der Waals surface area contributed by atoms with Gasteiger partial charge in [0, 0.05) is 30.9 Å². The second-order valence-corrected chi connectivity index (χ2v) is 5.27. The van der Waals surface area contributed by atoms with Crippen molar-refractivity contribution in [3.05, 3.63) is 29.7 Å². The van der Waals surface area contributed by atoms with Crippen molar-refractivity contribution >= 4 is 17.2 Å². The van der Waals surface area contributed by atoms with Gasteiger partial charge in [0.15, 0.2) is 0 Å². The molecule has 1 amide bonds. The van der Waals surface area contributed by atoms with Crippen LogP contribution < -0.4 is 5.32 Å². The molecule has 0 aliphatic heterocycles. The maximum Gasteiger partial charge on any atom is 0.270 e. The Morgan fingerprint density at radius 1 is 1.33 bits per heavy atom. The average Bonchev–Trinajstić information content (AvgIpc) is 3.02. The van der Waals surface area contributed by atoms with Gasteiger partial charge in [-0.05, 0) is 13.1 Å². The van der Waals surface area contributed by atoms with Crippen molar-refractivity contribution in [1.82, 2.24) is 25.2 Å². The molecule has 0 spiro atoms. The molecular formula is C14H19N5OS. The Morgan fingerprint density at radius 2 is 2.14 bits per heavy atom. The predicted molar refractivity (Wildman–Crippen MR) is 83.3 cm³/mol. The van der Waals surface area contributed by atoms with Crippen molar-refractivity contribution in [2.45, 2.75) is 13.8 Å². The molecule has 6 nitrogen and oxygen atoms in total. The van der Waals surface area contributed by atoms with Crippen molar-refractivity contribution in [1.29, 1.82) is 0 Å². The van der Waals surface area contributed by atoms with E-state index in [2.05, 4.69) is 39.0 Å². The molecule has 7 heteroatoms. The zero-order chi connectivity index (χ0) is 15.1. The van der Waals surface area contributed by atoms with E-state index in [1.807, 2.05) is 0 Å². The molecule has 2 aromatic heterocycles. The molecule has 2 rings (SSSR count). The molecule has 2 heterocycles. The summed E-state index contributed by atoms with van der Waals surface area (Å²) >= 11 is 1.39. The van der Waals surface area contributed by atoms with Crippen LogP contribution in [0.5, 0.6) is 0 Å². The average molecular weight is 305 g/mol. The minimum absolute atomic E-state index is 0.145. The topological polar surface area (TPSA) is 71.0 Å². The molecule has 0 saturated heterocycles. The van der Waals surface area contributed by atoms with Gasteiger partial charge in [-0.1, -0.05) is 13.8 Å². The first kappa shape index (κ1) is 15.5. The summed E-state index contributed by atoms with van der Waals surface area (Å²) in [5.74, 6) is -0.145. The fourth-order valence-corrected chi connectivity index (χ4v) is 2.62. The van der Waals surface area contributed by atoms with Gasteiger partial charge in [-0.2, -0.15) is 0 Å². The molecular weight excluding hydrogens is 286 g/mol. The van der Waals surface area contributed by atoms with Crippen molar-refractivity contribution in [3.8, 4) is 10.7 Å². The lowest BCUT2D eigenvalue weighted by Crippen LogP contribution is -2.34. The van der Waals surface area contributed by atoms with Crippen LogP contribution in [0.15, 0.2) is 24.0 Å². The fourth-order valence-electron chi connectivity index (χ4n) is 1.86. The highest BCUT2D eigenvalue weighted by Crippen LogP contribution is 2.20. The Hall–Kier alpha value is -1.86. The van der Waals surface area contributed by atoms with Crippen LogP contribution in [0.1, 0.15) is 24.3 Å². The number of rotatable bonds is 7. The molecule has 0 saturated carbocycles. The number of hydrogen-bond acceptors (Lipinski definition) is 6. The number of aromatic nitrogens is 3. The van der Waals surface area contributed by atoms with E-state index in [4.69, 9.17) is 0 Å². The predicted octanol–water partition coefficient (Wildman–Crippen LogP) is 1.67. The number of amides is 1. The second-order valence-electron chi connectivity index (χ2n) is 4.41. The lowest BCUT2D eigenvalue weighted by molar-refractivity contribution is 0.0944. The fraction of sp³-hybridized carbons (Fsp3) is 0.429. The lowest BCUT2D eigenvalue weighted by Gasteiger charge is -2.17. The third-order valence-corrected chi connectivity index (χ3v) is 3.99. The highest BCUT2D eigenvalue weighted by Gasteiger charge is 2.12. The molecule has 2 aromatic rings. The van der Waals surface area contributed by atoms with Crippen LogP contribution in [0.2, 0.25) is 0 Å². The van der Waals surface area contributed by atoms with Crippen LogP contribution >= 0.6 is 11.3 Å². The maximum atomic E-state index is 12.0. The number of carbonyl (C=O) groups excluding carboxylic acids is 1. The normalized spacial score (nSPS) is 10.8.